The molecule has 1 fully saturated rings. The lowest BCUT2D eigenvalue weighted by molar-refractivity contribution is -0.139. The zero-order chi connectivity index (χ0) is 12.7. The number of hydrogen-bond donors (Lipinski definition) is 3. The number of piperidine rings is 1. The van der Waals surface area contributed by atoms with Crippen molar-refractivity contribution in [1.29, 1.82) is 0 Å². The molecular weight excluding hydrogens is 222 g/mol. The third-order valence-electron chi connectivity index (χ3n) is 2.80. The minimum Gasteiger partial charge on any atom is -0.480 e. The quantitative estimate of drug-likeness (QED) is 0.671. The van der Waals surface area contributed by atoms with Crippen molar-refractivity contribution in [2.24, 2.45) is 0 Å². The van der Waals surface area contributed by atoms with Gasteiger partial charge in [0.1, 0.15) is 6.04 Å². The van der Waals surface area contributed by atoms with Gasteiger partial charge in [-0.1, -0.05) is 19.8 Å². The Morgan fingerprint density at radius 2 is 1.94 bits per heavy atom. The maximum atomic E-state index is 11.6. The first-order chi connectivity index (χ1) is 8.13. The summed E-state index contributed by atoms with van der Waals surface area (Å²) in [5.41, 5.74) is 2.68. The second-order valence-corrected chi connectivity index (χ2v) is 4.31. The first-order valence-electron chi connectivity index (χ1n) is 6.18. The van der Waals surface area contributed by atoms with Crippen LogP contribution >= 0.6 is 0 Å². The molecule has 0 radical (unpaired) electrons. The number of carbonyl (C=O) groups is 2. The zero-order valence-corrected chi connectivity index (χ0v) is 10.2. The molecule has 6 nitrogen and oxygen atoms in total. The van der Waals surface area contributed by atoms with E-state index in [-0.39, 0.29) is 0 Å². The van der Waals surface area contributed by atoms with Crippen molar-refractivity contribution in [3.05, 3.63) is 0 Å². The Balaban J connectivity index is 2.33. The molecule has 17 heavy (non-hydrogen) atoms. The molecule has 6 heteroatoms. The van der Waals surface area contributed by atoms with Crippen LogP contribution in [-0.2, 0) is 4.79 Å². The van der Waals surface area contributed by atoms with Crippen LogP contribution in [0, 0.1) is 0 Å². The molecule has 1 atom stereocenters. The van der Waals surface area contributed by atoms with Gasteiger partial charge in [-0.15, -0.1) is 0 Å². The van der Waals surface area contributed by atoms with Crippen LogP contribution in [0.3, 0.4) is 0 Å². The van der Waals surface area contributed by atoms with E-state index in [0.717, 1.165) is 32.4 Å². The van der Waals surface area contributed by atoms with Crippen molar-refractivity contribution in [1.82, 2.24) is 15.8 Å². The van der Waals surface area contributed by atoms with Crippen LogP contribution < -0.4 is 10.7 Å². The highest BCUT2D eigenvalue weighted by Crippen LogP contribution is 2.05. The number of carboxylic acids is 1. The third-order valence-corrected chi connectivity index (χ3v) is 2.80. The number of urea groups is 1. The van der Waals surface area contributed by atoms with Crippen molar-refractivity contribution < 1.29 is 14.7 Å². The SMILES string of the molecule is CCCC(NC(=O)NN1CCCCC1)C(=O)O. The van der Waals surface area contributed by atoms with Crippen LogP contribution in [0.1, 0.15) is 39.0 Å². The molecule has 0 aromatic carbocycles. The first kappa shape index (κ1) is 13.8. The molecule has 2 amide bonds. The van der Waals surface area contributed by atoms with E-state index >= 15 is 0 Å². The second kappa shape index (κ2) is 7.11. The standard InChI is InChI=1S/C11H21N3O3/c1-2-6-9(10(15)16)12-11(17)13-14-7-4-3-5-8-14/h9H,2-8H2,1H3,(H,15,16)(H2,12,13,17). The van der Waals surface area contributed by atoms with Crippen LogP contribution in [-0.4, -0.2) is 41.2 Å². The second-order valence-electron chi connectivity index (χ2n) is 4.31. The van der Waals surface area contributed by atoms with Crippen LogP contribution in [0.25, 0.3) is 0 Å². The summed E-state index contributed by atoms with van der Waals surface area (Å²) in [5.74, 6) is -0.986. The maximum absolute atomic E-state index is 11.6. The Labute approximate surface area is 101 Å². The highest BCUT2D eigenvalue weighted by Gasteiger charge is 2.20. The predicted molar refractivity (Wildman–Crippen MR) is 63.4 cm³/mol. The minimum atomic E-state index is -0.986. The largest absolute Gasteiger partial charge is 0.480 e. The fourth-order valence-electron chi connectivity index (χ4n) is 1.89. The minimum absolute atomic E-state index is 0.423. The summed E-state index contributed by atoms with van der Waals surface area (Å²) in [6.45, 7) is 3.55. The van der Waals surface area contributed by atoms with Gasteiger partial charge in [0.05, 0.1) is 0 Å². The lowest BCUT2D eigenvalue weighted by Gasteiger charge is -2.27. The Morgan fingerprint density at radius 3 is 2.47 bits per heavy atom. The van der Waals surface area contributed by atoms with Crippen molar-refractivity contribution in [3.63, 3.8) is 0 Å². The van der Waals surface area contributed by atoms with E-state index in [1.54, 1.807) is 0 Å². The molecule has 1 aliphatic rings. The van der Waals surface area contributed by atoms with Crippen molar-refractivity contribution in [2.45, 2.75) is 45.1 Å². The molecule has 1 saturated heterocycles. The van der Waals surface area contributed by atoms with Crippen LogP contribution in [0.5, 0.6) is 0 Å². The average molecular weight is 243 g/mol. The molecular formula is C11H21N3O3. The van der Waals surface area contributed by atoms with E-state index in [9.17, 15) is 9.59 Å². The van der Waals surface area contributed by atoms with Crippen LogP contribution in [0.4, 0.5) is 4.79 Å². The van der Waals surface area contributed by atoms with Crippen molar-refractivity contribution in [2.75, 3.05) is 13.1 Å². The fourth-order valence-corrected chi connectivity index (χ4v) is 1.89. The van der Waals surface area contributed by atoms with Gasteiger partial charge in [-0.25, -0.2) is 14.6 Å². The molecule has 98 valence electrons. The average Bonchev–Trinajstić information content (AvgIpc) is 2.29. The number of hydrogen-bond acceptors (Lipinski definition) is 3. The maximum Gasteiger partial charge on any atom is 0.330 e. The van der Waals surface area contributed by atoms with Crippen LogP contribution in [0.2, 0.25) is 0 Å². The van der Waals surface area contributed by atoms with Gasteiger partial charge in [0.25, 0.3) is 0 Å². The molecule has 1 aliphatic heterocycles. The van der Waals surface area contributed by atoms with E-state index in [1.807, 2.05) is 11.9 Å². The van der Waals surface area contributed by atoms with Gasteiger partial charge in [0.2, 0.25) is 0 Å². The first-order valence-corrected chi connectivity index (χ1v) is 6.18. The van der Waals surface area contributed by atoms with E-state index in [4.69, 9.17) is 5.11 Å². The Morgan fingerprint density at radius 1 is 1.29 bits per heavy atom. The van der Waals surface area contributed by atoms with Gasteiger partial charge in [0, 0.05) is 13.1 Å². The third kappa shape index (κ3) is 5.04. The van der Waals surface area contributed by atoms with Gasteiger partial charge < -0.3 is 10.4 Å². The van der Waals surface area contributed by atoms with Gasteiger partial charge in [-0.05, 0) is 19.3 Å². The number of carboxylic acid groups (broad SMARTS) is 1. The fraction of sp³-hybridized carbons (Fsp3) is 0.818. The Bertz CT molecular complexity index is 265. The molecule has 0 saturated carbocycles. The van der Waals surface area contributed by atoms with Gasteiger partial charge >= 0.3 is 12.0 Å². The number of amides is 2. The number of aliphatic carboxylic acids is 1. The van der Waals surface area contributed by atoms with E-state index in [0.29, 0.717) is 6.42 Å². The molecule has 3 N–H and O–H groups in total. The molecule has 0 aromatic heterocycles. The molecule has 0 spiro atoms. The number of nitrogens with one attached hydrogen (secondary N) is 2. The molecule has 1 rings (SSSR count). The topological polar surface area (TPSA) is 81.7 Å². The summed E-state index contributed by atoms with van der Waals surface area (Å²) in [6.07, 6.45) is 4.49. The van der Waals surface area contributed by atoms with Crippen LogP contribution in [0.15, 0.2) is 0 Å². The summed E-state index contributed by atoms with van der Waals surface area (Å²) in [7, 11) is 0. The monoisotopic (exact) mass is 243 g/mol. The molecule has 1 unspecified atom stereocenters. The molecule has 1 heterocycles. The number of nitrogens with zero attached hydrogens (tertiary/aromatic N) is 1. The number of hydrazine groups is 1. The van der Waals surface area contributed by atoms with E-state index in [1.165, 1.54) is 6.42 Å². The van der Waals surface area contributed by atoms with Gasteiger partial charge in [-0.3, -0.25) is 5.43 Å². The van der Waals surface area contributed by atoms with Gasteiger partial charge in [-0.2, -0.15) is 0 Å². The summed E-state index contributed by atoms with van der Waals surface area (Å²) >= 11 is 0. The highest BCUT2D eigenvalue weighted by molar-refractivity contribution is 5.82. The number of rotatable bonds is 5. The van der Waals surface area contributed by atoms with E-state index in [2.05, 4.69) is 10.7 Å². The number of carbonyl (C=O) groups excluding carboxylic acids is 1. The Hall–Kier alpha value is -1.30. The normalized spacial score (nSPS) is 18.4. The summed E-state index contributed by atoms with van der Waals surface area (Å²) < 4.78 is 0. The predicted octanol–water partition coefficient (Wildman–Crippen LogP) is 0.940. The summed E-state index contributed by atoms with van der Waals surface area (Å²) in [4.78, 5) is 22.4. The van der Waals surface area contributed by atoms with Crippen molar-refractivity contribution >= 4 is 12.0 Å². The molecule has 0 bridgehead atoms. The lowest BCUT2D eigenvalue weighted by Crippen LogP contribution is -2.53. The van der Waals surface area contributed by atoms with E-state index < -0.39 is 18.0 Å². The zero-order valence-electron chi connectivity index (χ0n) is 10.2. The Kier molecular flexibility index (Phi) is 5.76. The smallest absolute Gasteiger partial charge is 0.330 e. The lowest BCUT2D eigenvalue weighted by atomic mass is 10.2. The summed E-state index contributed by atoms with van der Waals surface area (Å²) in [6, 6.07) is -1.22. The highest BCUT2D eigenvalue weighted by atomic mass is 16.4. The molecule has 0 aliphatic carbocycles. The van der Waals surface area contributed by atoms with Gasteiger partial charge in [0.15, 0.2) is 0 Å². The molecule has 0 aromatic rings. The van der Waals surface area contributed by atoms with Crippen molar-refractivity contribution in [3.8, 4) is 0 Å². The summed E-state index contributed by atoms with van der Waals surface area (Å²) in [5, 5.41) is 13.2.